The molecule has 164 valence electrons. The van der Waals surface area contributed by atoms with Gasteiger partial charge in [0.05, 0.1) is 24.1 Å². The number of H-pyrrole nitrogens is 1. The van der Waals surface area contributed by atoms with Crippen molar-refractivity contribution < 1.29 is 22.7 Å². The van der Waals surface area contributed by atoms with Gasteiger partial charge in [0.2, 0.25) is 5.91 Å². The normalized spacial score (nSPS) is 15.8. The molecule has 4 rings (SSSR count). The van der Waals surface area contributed by atoms with Crippen LogP contribution in [0.1, 0.15) is 5.82 Å². The van der Waals surface area contributed by atoms with Crippen LogP contribution in [-0.2, 0) is 11.3 Å². The van der Waals surface area contributed by atoms with Crippen LogP contribution in [0, 0.1) is 0 Å². The van der Waals surface area contributed by atoms with Crippen molar-refractivity contribution in [2.45, 2.75) is 12.9 Å². The third-order valence-corrected chi connectivity index (χ3v) is 5.02. The summed E-state index contributed by atoms with van der Waals surface area (Å²) in [6, 6.07) is 13.0. The fourth-order valence-corrected chi connectivity index (χ4v) is 3.54. The molecule has 10 heteroatoms. The quantitative estimate of drug-likeness (QED) is 0.625. The molecule has 0 radical (unpaired) electrons. The van der Waals surface area contributed by atoms with Crippen LogP contribution < -0.4 is 10.1 Å². The van der Waals surface area contributed by atoms with Crippen molar-refractivity contribution >= 4 is 22.6 Å². The number of halogens is 3. The number of hydrogen-bond acceptors (Lipinski definition) is 5. The van der Waals surface area contributed by atoms with Gasteiger partial charge in [0.1, 0.15) is 11.6 Å². The molecule has 0 spiro atoms. The Kier molecular flexibility index (Phi) is 6.10. The van der Waals surface area contributed by atoms with Gasteiger partial charge in [0.15, 0.2) is 0 Å². The van der Waals surface area contributed by atoms with Gasteiger partial charge in [-0.25, -0.2) is 4.98 Å². The summed E-state index contributed by atoms with van der Waals surface area (Å²) in [5.41, 5.74) is 2.39. The van der Waals surface area contributed by atoms with Crippen molar-refractivity contribution in [3.05, 3.63) is 54.4 Å². The minimum atomic E-state index is -4.74. The predicted molar refractivity (Wildman–Crippen MR) is 110 cm³/mol. The third kappa shape index (κ3) is 5.96. The summed E-state index contributed by atoms with van der Waals surface area (Å²) in [5, 5.41) is 2.70. The molecule has 3 aromatic rings. The number of benzene rings is 2. The molecule has 7 nitrogen and oxygen atoms in total. The van der Waals surface area contributed by atoms with Crippen molar-refractivity contribution in [3.8, 4) is 5.75 Å². The molecule has 1 fully saturated rings. The largest absolute Gasteiger partial charge is 0.573 e. The number of carbonyl (C=O) groups is 1. The molecule has 1 amide bonds. The lowest BCUT2D eigenvalue weighted by molar-refractivity contribution is -0.274. The second kappa shape index (κ2) is 8.94. The van der Waals surface area contributed by atoms with Gasteiger partial charge < -0.3 is 15.0 Å². The number of piperazine rings is 1. The maximum Gasteiger partial charge on any atom is 0.573 e. The Bertz CT molecular complexity index is 994. The summed E-state index contributed by atoms with van der Waals surface area (Å²) in [5.74, 6) is 0.381. The van der Waals surface area contributed by atoms with E-state index in [1.165, 1.54) is 24.3 Å². The minimum Gasteiger partial charge on any atom is -0.406 e. The number of ether oxygens (including phenoxy) is 1. The molecule has 1 aromatic heterocycles. The highest BCUT2D eigenvalue weighted by Gasteiger charge is 2.31. The van der Waals surface area contributed by atoms with E-state index in [1.807, 2.05) is 29.2 Å². The van der Waals surface area contributed by atoms with Gasteiger partial charge in [-0.3, -0.25) is 14.6 Å². The number of fused-ring (bicyclic) bond motifs is 1. The highest BCUT2D eigenvalue weighted by Crippen LogP contribution is 2.24. The number of carbonyl (C=O) groups excluding carboxylic acids is 1. The summed E-state index contributed by atoms with van der Waals surface area (Å²) >= 11 is 0. The number of amides is 1. The lowest BCUT2D eigenvalue weighted by atomic mass is 10.3. The smallest absolute Gasteiger partial charge is 0.406 e. The van der Waals surface area contributed by atoms with Crippen LogP contribution in [0.3, 0.4) is 0 Å². The summed E-state index contributed by atoms with van der Waals surface area (Å²) < 4.78 is 40.4. The zero-order valence-electron chi connectivity index (χ0n) is 16.7. The second-order valence-corrected chi connectivity index (χ2v) is 7.37. The number of nitrogens with one attached hydrogen (secondary N) is 2. The molecule has 1 aliphatic rings. The van der Waals surface area contributed by atoms with Crippen molar-refractivity contribution in [1.82, 2.24) is 19.8 Å². The first kappa shape index (κ1) is 21.1. The van der Waals surface area contributed by atoms with E-state index in [2.05, 4.69) is 24.9 Å². The Morgan fingerprint density at radius 3 is 2.39 bits per heavy atom. The fourth-order valence-electron chi connectivity index (χ4n) is 3.54. The highest BCUT2D eigenvalue weighted by atomic mass is 19.4. The average Bonchev–Trinajstić information content (AvgIpc) is 3.12. The van der Waals surface area contributed by atoms with E-state index < -0.39 is 6.36 Å². The molecular weight excluding hydrogens is 411 g/mol. The topological polar surface area (TPSA) is 73.5 Å². The van der Waals surface area contributed by atoms with E-state index in [-0.39, 0.29) is 18.2 Å². The molecule has 0 saturated carbocycles. The summed E-state index contributed by atoms with van der Waals surface area (Å²) in [6.45, 7) is 4.06. The van der Waals surface area contributed by atoms with Crippen molar-refractivity contribution in [2.24, 2.45) is 0 Å². The van der Waals surface area contributed by atoms with Gasteiger partial charge in [-0.05, 0) is 36.4 Å². The summed E-state index contributed by atoms with van der Waals surface area (Å²) in [4.78, 5) is 24.5. The second-order valence-electron chi connectivity index (χ2n) is 7.37. The number of rotatable bonds is 6. The Balaban J connectivity index is 1.21. The Morgan fingerprint density at radius 2 is 1.71 bits per heavy atom. The molecule has 2 heterocycles. The van der Waals surface area contributed by atoms with Crippen LogP contribution >= 0.6 is 0 Å². The molecular formula is C21H22F3N5O2. The molecule has 1 aliphatic heterocycles. The third-order valence-electron chi connectivity index (χ3n) is 5.02. The molecule has 0 atom stereocenters. The van der Waals surface area contributed by atoms with Crippen LogP contribution in [0.25, 0.3) is 11.0 Å². The lowest BCUT2D eigenvalue weighted by Gasteiger charge is -2.33. The Morgan fingerprint density at radius 1 is 1.03 bits per heavy atom. The average molecular weight is 433 g/mol. The van der Waals surface area contributed by atoms with Crippen LogP contribution in [-0.4, -0.2) is 64.8 Å². The summed E-state index contributed by atoms with van der Waals surface area (Å²) in [6.07, 6.45) is -4.74. The lowest BCUT2D eigenvalue weighted by Crippen LogP contribution is -2.48. The van der Waals surface area contributed by atoms with Crippen LogP contribution in [0.4, 0.5) is 18.9 Å². The van der Waals surface area contributed by atoms with Crippen molar-refractivity contribution in [3.63, 3.8) is 0 Å². The van der Waals surface area contributed by atoms with Gasteiger partial charge in [-0.2, -0.15) is 0 Å². The van der Waals surface area contributed by atoms with Crippen molar-refractivity contribution in [1.29, 1.82) is 0 Å². The van der Waals surface area contributed by atoms with E-state index in [9.17, 15) is 18.0 Å². The number of anilines is 1. The van der Waals surface area contributed by atoms with Crippen molar-refractivity contribution in [2.75, 3.05) is 38.0 Å². The minimum absolute atomic E-state index is 0.213. The Labute approximate surface area is 176 Å². The monoisotopic (exact) mass is 433 g/mol. The van der Waals surface area contributed by atoms with E-state index in [4.69, 9.17) is 0 Å². The molecule has 2 N–H and O–H groups in total. The molecule has 2 aromatic carbocycles. The number of imidazole rings is 1. The first-order chi connectivity index (χ1) is 14.8. The maximum absolute atomic E-state index is 12.3. The number of aromatic nitrogens is 2. The Hall–Kier alpha value is -3.11. The zero-order valence-corrected chi connectivity index (χ0v) is 16.7. The van der Waals surface area contributed by atoms with Gasteiger partial charge in [-0.1, -0.05) is 12.1 Å². The van der Waals surface area contributed by atoms with Crippen LogP contribution in [0.5, 0.6) is 5.75 Å². The molecule has 0 bridgehead atoms. The number of aromatic amines is 1. The van der Waals surface area contributed by atoms with E-state index in [0.29, 0.717) is 5.69 Å². The molecule has 1 saturated heterocycles. The standard InChI is InChI=1S/C21H22F3N5O2/c22-21(23,24)31-16-7-5-15(6-8-16)25-20(30)14-29-11-9-28(10-12-29)13-19-26-17-3-1-2-4-18(17)27-19/h1-8H,9-14H2,(H,25,30)(H,26,27). The first-order valence-electron chi connectivity index (χ1n) is 9.88. The van der Waals surface area contributed by atoms with Crippen LogP contribution in [0.2, 0.25) is 0 Å². The fraction of sp³-hybridized carbons (Fsp3) is 0.333. The number of alkyl halides is 3. The molecule has 31 heavy (non-hydrogen) atoms. The van der Waals surface area contributed by atoms with Gasteiger partial charge in [0, 0.05) is 31.9 Å². The maximum atomic E-state index is 12.3. The summed E-state index contributed by atoms with van der Waals surface area (Å²) in [7, 11) is 0. The number of nitrogens with zero attached hydrogens (tertiary/aromatic N) is 3. The zero-order chi connectivity index (χ0) is 21.8. The highest BCUT2D eigenvalue weighted by molar-refractivity contribution is 5.92. The van der Waals surface area contributed by atoms with Gasteiger partial charge in [0.25, 0.3) is 0 Å². The number of para-hydroxylation sites is 2. The first-order valence-corrected chi connectivity index (χ1v) is 9.88. The SMILES string of the molecule is O=C(CN1CCN(Cc2nc3ccccc3[nH]2)CC1)Nc1ccc(OC(F)(F)F)cc1. The number of hydrogen-bond donors (Lipinski definition) is 2. The van der Waals surface area contributed by atoms with Crippen LogP contribution in [0.15, 0.2) is 48.5 Å². The van der Waals surface area contributed by atoms with E-state index >= 15 is 0 Å². The van der Waals surface area contributed by atoms with Gasteiger partial charge >= 0.3 is 6.36 Å². The van der Waals surface area contributed by atoms with E-state index in [1.54, 1.807) is 0 Å². The predicted octanol–water partition coefficient (Wildman–Crippen LogP) is 3.22. The molecule has 0 aliphatic carbocycles. The molecule has 0 unspecified atom stereocenters. The van der Waals surface area contributed by atoms with Gasteiger partial charge in [-0.15, -0.1) is 13.2 Å². The van der Waals surface area contributed by atoms with E-state index in [0.717, 1.165) is 49.6 Å².